The van der Waals surface area contributed by atoms with Gasteiger partial charge in [0.1, 0.15) is 0 Å². The van der Waals surface area contributed by atoms with Crippen molar-refractivity contribution >= 4 is 0 Å². The molecule has 0 atom stereocenters. The normalized spacial score (nSPS) is 17.9. The zero-order valence-corrected chi connectivity index (χ0v) is 7.68. The van der Waals surface area contributed by atoms with Crippen LogP contribution in [-0.4, -0.2) is 37.6 Å². The fourth-order valence-corrected chi connectivity index (χ4v) is 1.59. The van der Waals surface area contributed by atoms with E-state index < -0.39 is 0 Å². The lowest BCUT2D eigenvalue weighted by molar-refractivity contribution is 0.332. The Morgan fingerprint density at radius 3 is 2.75 bits per heavy atom. The summed E-state index contributed by atoms with van der Waals surface area (Å²) >= 11 is 0. The zero-order valence-electron chi connectivity index (χ0n) is 7.68. The van der Waals surface area contributed by atoms with Crippen LogP contribution in [0.3, 0.4) is 0 Å². The van der Waals surface area contributed by atoms with E-state index in [1.165, 1.54) is 38.9 Å². The van der Waals surface area contributed by atoms with Crippen LogP contribution in [0.25, 0.3) is 0 Å². The Morgan fingerprint density at radius 2 is 2.08 bits per heavy atom. The standard InChI is InChI=1S/C10H18N2/c1-2-6-11-7-5-10-12-8-3-4-9-12/h1,11H,3-10H2. The third-order valence-electron chi connectivity index (χ3n) is 2.25. The van der Waals surface area contributed by atoms with Crippen LogP contribution in [0.5, 0.6) is 0 Å². The van der Waals surface area contributed by atoms with E-state index in [4.69, 9.17) is 6.42 Å². The minimum absolute atomic E-state index is 0.708. The third kappa shape index (κ3) is 3.75. The average Bonchev–Trinajstić information content (AvgIpc) is 2.57. The molecule has 0 saturated carbocycles. The first kappa shape index (κ1) is 9.57. The molecule has 0 unspecified atom stereocenters. The van der Waals surface area contributed by atoms with Crippen LogP contribution in [0.2, 0.25) is 0 Å². The van der Waals surface area contributed by atoms with Crippen molar-refractivity contribution in [3.63, 3.8) is 0 Å². The van der Waals surface area contributed by atoms with Crippen molar-refractivity contribution < 1.29 is 0 Å². The van der Waals surface area contributed by atoms with Gasteiger partial charge in [-0.25, -0.2) is 0 Å². The van der Waals surface area contributed by atoms with Crippen LogP contribution in [0.1, 0.15) is 19.3 Å². The molecule has 2 nitrogen and oxygen atoms in total. The quantitative estimate of drug-likeness (QED) is 0.477. The van der Waals surface area contributed by atoms with E-state index in [2.05, 4.69) is 16.1 Å². The summed E-state index contributed by atoms with van der Waals surface area (Å²) in [7, 11) is 0. The molecule has 1 heterocycles. The molecule has 0 spiro atoms. The molecule has 0 aromatic heterocycles. The molecule has 1 N–H and O–H groups in total. The van der Waals surface area contributed by atoms with Gasteiger partial charge in [0, 0.05) is 0 Å². The maximum atomic E-state index is 5.11. The van der Waals surface area contributed by atoms with Gasteiger partial charge < -0.3 is 10.2 Å². The summed E-state index contributed by atoms with van der Waals surface area (Å²) in [6.45, 7) is 5.60. The molecule has 1 aliphatic rings. The maximum absolute atomic E-state index is 5.11. The van der Waals surface area contributed by atoms with Gasteiger partial charge in [0.2, 0.25) is 0 Å². The highest BCUT2D eigenvalue weighted by Crippen LogP contribution is 2.06. The van der Waals surface area contributed by atoms with Gasteiger partial charge in [0.15, 0.2) is 0 Å². The fraction of sp³-hybridized carbons (Fsp3) is 0.800. The van der Waals surface area contributed by atoms with Crippen LogP contribution >= 0.6 is 0 Å². The molecule has 1 rings (SSSR count). The Kier molecular flexibility index (Phi) is 4.82. The molecule has 0 aliphatic carbocycles. The van der Waals surface area contributed by atoms with Crippen LogP contribution in [0.4, 0.5) is 0 Å². The summed E-state index contributed by atoms with van der Waals surface area (Å²) < 4.78 is 0. The highest BCUT2D eigenvalue weighted by atomic mass is 15.1. The van der Waals surface area contributed by atoms with E-state index in [9.17, 15) is 0 Å². The Morgan fingerprint density at radius 1 is 1.33 bits per heavy atom. The van der Waals surface area contributed by atoms with Gasteiger partial charge in [-0.1, -0.05) is 5.92 Å². The second-order valence-corrected chi connectivity index (χ2v) is 3.28. The third-order valence-corrected chi connectivity index (χ3v) is 2.25. The fourth-order valence-electron chi connectivity index (χ4n) is 1.59. The van der Waals surface area contributed by atoms with Crippen molar-refractivity contribution in [3.8, 4) is 12.3 Å². The van der Waals surface area contributed by atoms with Gasteiger partial charge in [-0.3, -0.25) is 0 Å². The maximum Gasteiger partial charge on any atom is 0.0573 e. The Bertz CT molecular complexity index is 142. The van der Waals surface area contributed by atoms with Crippen molar-refractivity contribution in [1.29, 1.82) is 0 Å². The first-order valence-electron chi connectivity index (χ1n) is 4.80. The highest BCUT2D eigenvalue weighted by Gasteiger charge is 2.09. The van der Waals surface area contributed by atoms with Crippen LogP contribution in [0, 0.1) is 12.3 Å². The molecular weight excluding hydrogens is 148 g/mol. The number of terminal acetylenes is 1. The number of hydrogen-bond donors (Lipinski definition) is 1. The zero-order chi connectivity index (χ0) is 8.65. The summed E-state index contributed by atoms with van der Waals surface area (Å²) in [6, 6.07) is 0. The monoisotopic (exact) mass is 166 g/mol. The summed E-state index contributed by atoms with van der Waals surface area (Å²) in [5.41, 5.74) is 0. The van der Waals surface area contributed by atoms with Gasteiger partial charge >= 0.3 is 0 Å². The number of nitrogens with zero attached hydrogens (tertiary/aromatic N) is 1. The van der Waals surface area contributed by atoms with Crippen molar-refractivity contribution in [2.45, 2.75) is 19.3 Å². The Labute approximate surface area is 75.3 Å². The first-order chi connectivity index (χ1) is 5.93. The second-order valence-electron chi connectivity index (χ2n) is 3.28. The van der Waals surface area contributed by atoms with Gasteiger partial charge in [-0.2, -0.15) is 0 Å². The highest BCUT2D eigenvalue weighted by molar-refractivity contribution is 4.86. The molecule has 1 aliphatic heterocycles. The predicted molar refractivity (Wildman–Crippen MR) is 52.0 cm³/mol. The van der Waals surface area contributed by atoms with E-state index in [-0.39, 0.29) is 0 Å². The van der Waals surface area contributed by atoms with Crippen molar-refractivity contribution in [2.24, 2.45) is 0 Å². The molecule has 0 amide bonds. The summed E-state index contributed by atoms with van der Waals surface area (Å²) in [5.74, 6) is 2.57. The molecule has 68 valence electrons. The minimum atomic E-state index is 0.708. The lowest BCUT2D eigenvalue weighted by Gasteiger charge is -2.13. The molecule has 0 aromatic rings. The smallest absolute Gasteiger partial charge is 0.0573 e. The lowest BCUT2D eigenvalue weighted by atomic mass is 10.4. The predicted octanol–water partition coefficient (Wildman–Crippen LogP) is 0.695. The van der Waals surface area contributed by atoms with E-state index in [0.717, 1.165) is 6.54 Å². The summed E-state index contributed by atoms with van der Waals surface area (Å²) in [6.07, 6.45) is 9.11. The van der Waals surface area contributed by atoms with E-state index in [1.54, 1.807) is 0 Å². The molecule has 0 aromatic carbocycles. The average molecular weight is 166 g/mol. The number of rotatable bonds is 5. The summed E-state index contributed by atoms with van der Waals surface area (Å²) in [5, 5.41) is 3.20. The number of likely N-dealkylation sites (tertiary alicyclic amines) is 1. The summed E-state index contributed by atoms with van der Waals surface area (Å²) in [4.78, 5) is 2.53. The molecular formula is C10H18N2. The van der Waals surface area contributed by atoms with Crippen LogP contribution < -0.4 is 5.32 Å². The topological polar surface area (TPSA) is 15.3 Å². The molecule has 0 bridgehead atoms. The van der Waals surface area contributed by atoms with E-state index >= 15 is 0 Å². The van der Waals surface area contributed by atoms with Gasteiger partial charge in [0.25, 0.3) is 0 Å². The van der Waals surface area contributed by atoms with Gasteiger partial charge in [-0.05, 0) is 45.4 Å². The van der Waals surface area contributed by atoms with Gasteiger partial charge in [-0.15, -0.1) is 6.42 Å². The Balaban J connectivity index is 1.85. The van der Waals surface area contributed by atoms with Crippen molar-refractivity contribution in [2.75, 3.05) is 32.7 Å². The first-order valence-corrected chi connectivity index (χ1v) is 4.80. The molecule has 0 radical (unpaired) electrons. The molecule has 1 saturated heterocycles. The van der Waals surface area contributed by atoms with Crippen LogP contribution in [0.15, 0.2) is 0 Å². The SMILES string of the molecule is C#CCNCCCN1CCCC1. The second kappa shape index (κ2) is 6.05. The lowest BCUT2D eigenvalue weighted by Crippen LogP contribution is -2.24. The van der Waals surface area contributed by atoms with E-state index in [1.807, 2.05) is 0 Å². The molecule has 1 fully saturated rings. The van der Waals surface area contributed by atoms with Crippen LogP contribution in [-0.2, 0) is 0 Å². The van der Waals surface area contributed by atoms with Gasteiger partial charge in [0.05, 0.1) is 6.54 Å². The Hall–Kier alpha value is -0.520. The molecule has 12 heavy (non-hydrogen) atoms. The minimum Gasteiger partial charge on any atom is -0.306 e. The van der Waals surface area contributed by atoms with E-state index in [0.29, 0.717) is 6.54 Å². The van der Waals surface area contributed by atoms with Crippen molar-refractivity contribution in [3.05, 3.63) is 0 Å². The number of hydrogen-bond acceptors (Lipinski definition) is 2. The number of nitrogens with one attached hydrogen (secondary N) is 1. The van der Waals surface area contributed by atoms with Crippen molar-refractivity contribution in [1.82, 2.24) is 10.2 Å². The largest absolute Gasteiger partial charge is 0.306 e. The molecule has 2 heteroatoms.